The van der Waals surface area contributed by atoms with Crippen LogP contribution in [0.25, 0.3) is 0 Å². The summed E-state index contributed by atoms with van der Waals surface area (Å²) in [6, 6.07) is 12.1. The number of rotatable bonds is 4. The largest absolute Gasteiger partial charge is 0.508 e. The van der Waals surface area contributed by atoms with Gasteiger partial charge in [0.05, 0.1) is 23.6 Å². The number of aliphatic hydroxyl groups is 2. The van der Waals surface area contributed by atoms with E-state index in [4.69, 9.17) is 0 Å². The number of aromatic hydroxyl groups is 1. The lowest BCUT2D eigenvalue weighted by Gasteiger charge is -2.39. The van der Waals surface area contributed by atoms with Crippen LogP contribution in [-0.2, 0) is 16.4 Å². The number of fused-ring (bicyclic) bond motifs is 1. The molecule has 1 heterocycles. The van der Waals surface area contributed by atoms with E-state index in [1.807, 2.05) is 0 Å². The molecule has 0 saturated heterocycles. The molecular weight excluding hydrogens is 330 g/mol. The van der Waals surface area contributed by atoms with Crippen LogP contribution in [-0.4, -0.2) is 47.2 Å². The van der Waals surface area contributed by atoms with Gasteiger partial charge < -0.3 is 15.3 Å². The van der Waals surface area contributed by atoms with Crippen molar-refractivity contribution in [3.05, 3.63) is 59.7 Å². The Kier molecular flexibility index (Phi) is 4.60. The number of benzene rings is 2. The normalized spacial score (nSPS) is 22.9. The summed E-state index contributed by atoms with van der Waals surface area (Å²) in [5, 5.41) is 29.6. The Balaban J connectivity index is 2.06. The summed E-state index contributed by atoms with van der Waals surface area (Å²) >= 11 is 0. The first-order valence-electron chi connectivity index (χ1n) is 7.63. The third-order valence-electron chi connectivity index (χ3n) is 4.23. The second-order valence-corrected chi connectivity index (χ2v) is 7.62. The fraction of sp³-hybridized carbons (Fsp3) is 0.294. The third kappa shape index (κ3) is 2.91. The van der Waals surface area contributed by atoms with Gasteiger partial charge in [-0.3, -0.25) is 0 Å². The zero-order valence-corrected chi connectivity index (χ0v) is 13.7. The van der Waals surface area contributed by atoms with Crippen LogP contribution < -0.4 is 0 Å². The van der Waals surface area contributed by atoms with Crippen molar-refractivity contribution >= 4 is 10.0 Å². The molecule has 7 heteroatoms. The molecule has 2 aromatic rings. The van der Waals surface area contributed by atoms with E-state index in [2.05, 4.69) is 0 Å². The lowest BCUT2D eigenvalue weighted by molar-refractivity contribution is 0.0724. The van der Waals surface area contributed by atoms with Crippen LogP contribution in [0.5, 0.6) is 5.75 Å². The summed E-state index contributed by atoms with van der Waals surface area (Å²) in [6.45, 7) is -0.443. The minimum absolute atomic E-state index is 0.0677. The first kappa shape index (κ1) is 16.9. The monoisotopic (exact) mass is 349 g/mol. The van der Waals surface area contributed by atoms with Gasteiger partial charge in [-0.05, 0) is 30.2 Å². The molecule has 24 heavy (non-hydrogen) atoms. The van der Waals surface area contributed by atoms with Gasteiger partial charge >= 0.3 is 0 Å². The van der Waals surface area contributed by atoms with Crippen molar-refractivity contribution in [3.8, 4) is 5.75 Å². The summed E-state index contributed by atoms with van der Waals surface area (Å²) in [5.74, 6) is 0.0785. The smallest absolute Gasteiger partial charge is 0.243 e. The van der Waals surface area contributed by atoms with E-state index < -0.39 is 22.2 Å². The molecule has 3 N–H and O–H groups in total. The van der Waals surface area contributed by atoms with E-state index >= 15 is 0 Å². The van der Waals surface area contributed by atoms with Gasteiger partial charge in [0.2, 0.25) is 10.0 Å². The summed E-state index contributed by atoms with van der Waals surface area (Å²) in [6.07, 6.45) is -0.790. The zero-order chi connectivity index (χ0) is 17.3. The van der Waals surface area contributed by atoms with Gasteiger partial charge in [0, 0.05) is 12.1 Å². The summed E-state index contributed by atoms with van der Waals surface area (Å²) in [7, 11) is -3.81. The van der Waals surface area contributed by atoms with Crippen molar-refractivity contribution in [3.63, 3.8) is 0 Å². The first-order chi connectivity index (χ1) is 11.4. The molecule has 2 aromatic carbocycles. The molecule has 3 rings (SSSR count). The summed E-state index contributed by atoms with van der Waals surface area (Å²) in [4.78, 5) is 0.0677. The standard InChI is InChI=1S/C17H19NO5S/c19-9-8-18-15(11-12-4-3-5-13(20)10-12)17(21)14-6-1-2-7-16(14)24(18,22)23/h1-7,10,15,17,19-21H,8-9,11H2/t15-,17+/m1/s1. The minimum atomic E-state index is -3.81. The SMILES string of the molecule is O=S1(=O)c2ccccc2[C@H](O)[C@@H](Cc2cccc(O)c2)N1CCO. The second-order valence-electron chi connectivity index (χ2n) is 5.76. The molecule has 0 unspecified atom stereocenters. The molecule has 0 fully saturated rings. The summed E-state index contributed by atoms with van der Waals surface area (Å²) < 4.78 is 26.9. The van der Waals surface area contributed by atoms with E-state index in [-0.39, 0.29) is 30.2 Å². The predicted molar refractivity (Wildman–Crippen MR) is 88.0 cm³/mol. The summed E-state index contributed by atoms with van der Waals surface area (Å²) in [5.41, 5.74) is 1.06. The van der Waals surface area contributed by atoms with Crippen LogP contribution in [0.2, 0.25) is 0 Å². The lowest BCUT2D eigenvalue weighted by Crippen LogP contribution is -2.50. The van der Waals surface area contributed by atoms with Crippen molar-refractivity contribution in [2.24, 2.45) is 0 Å². The number of aliphatic hydroxyl groups excluding tert-OH is 2. The van der Waals surface area contributed by atoms with Crippen molar-refractivity contribution in [1.29, 1.82) is 0 Å². The zero-order valence-electron chi connectivity index (χ0n) is 12.9. The average molecular weight is 349 g/mol. The molecule has 1 aliphatic rings. The van der Waals surface area contributed by atoms with Gasteiger partial charge in [-0.2, -0.15) is 4.31 Å². The highest BCUT2D eigenvalue weighted by molar-refractivity contribution is 7.89. The van der Waals surface area contributed by atoms with Crippen LogP contribution in [0.1, 0.15) is 17.2 Å². The molecule has 0 bridgehead atoms. The minimum Gasteiger partial charge on any atom is -0.508 e. The molecule has 0 aromatic heterocycles. The van der Waals surface area contributed by atoms with Crippen molar-refractivity contribution in [2.75, 3.05) is 13.2 Å². The van der Waals surface area contributed by atoms with Gasteiger partial charge in [0.25, 0.3) is 0 Å². The Morgan fingerprint density at radius 3 is 2.54 bits per heavy atom. The second kappa shape index (κ2) is 6.52. The fourth-order valence-electron chi connectivity index (χ4n) is 3.15. The maximum absolute atomic E-state index is 12.9. The average Bonchev–Trinajstić information content (AvgIpc) is 2.56. The van der Waals surface area contributed by atoms with E-state index in [1.165, 1.54) is 18.2 Å². The Hall–Kier alpha value is -1.93. The highest BCUT2D eigenvalue weighted by Crippen LogP contribution is 2.37. The molecule has 6 nitrogen and oxygen atoms in total. The van der Waals surface area contributed by atoms with Crippen molar-refractivity contribution in [2.45, 2.75) is 23.5 Å². The molecular formula is C17H19NO5S. The number of hydrogen-bond acceptors (Lipinski definition) is 5. The van der Waals surface area contributed by atoms with Gasteiger partial charge in [-0.25, -0.2) is 8.42 Å². The van der Waals surface area contributed by atoms with Gasteiger partial charge in [0.1, 0.15) is 5.75 Å². The highest BCUT2D eigenvalue weighted by atomic mass is 32.2. The lowest BCUT2D eigenvalue weighted by atomic mass is 9.95. The topological polar surface area (TPSA) is 98.1 Å². The van der Waals surface area contributed by atoms with E-state index in [1.54, 1.807) is 30.3 Å². The molecule has 0 saturated carbocycles. The highest BCUT2D eigenvalue weighted by Gasteiger charge is 2.43. The van der Waals surface area contributed by atoms with Crippen LogP contribution in [0.15, 0.2) is 53.4 Å². The maximum Gasteiger partial charge on any atom is 0.243 e. The number of β-amino-alcohol motifs (C(OH)–C–C–N with tert-alkyl or cyclic N) is 1. The van der Waals surface area contributed by atoms with E-state index in [0.717, 1.165) is 4.31 Å². The Morgan fingerprint density at radius 2 is 1.83 bits per heavy atom. The van der Waals surface area contributed by atoms with Gasteiger partial charge in [0.15, 0.2) is 0 Å². The van der Waals surface area contributed by atoms with Crippen LogP contribution in [0.4, 0.5) is 0 Å². The molecule has 128 valence electrons. The van der Waals surface area contributed by atoms with Gasteiger partial charge in [-0.15, -0.1) is 0 Å². The third-order valence-corrected chi connectivity index (χ3v) is 6.23. The number of phenolic OH excluding ortho intramolecular Hbond substituents is 1. The molecule has 0 spiro atoms. The molecule has 1 aliphatic heterocycles. The van der Waals surface area contributed by atoms with Gasteiger partial charge in [-0.1, -0.05) is 30.3 Å². The number of hydrogen-bond donors (Lipinski definition) is 3. The van der Waals surface area contributed by atoms with E-state index in [0.29, 0.717) is 11.1 Å². The predicted octanol–water partition coefficient (Wildman–Crippen LogP) is 1.03. The Bertz CT molecular complexity index is 836. The number of sulfonamides is 1. The fourth-order valence-corrected chi connectivity index (χ4v) is 5.01. The quantitative estimate of drug-likeness (QED) is 0.766. The first-order valence-corrected chi connectivity index (χ1v) is 9.07. The Labute approximate surface area is 140 Å². The number of phenols is 1. The molecule has 0 aliphatic carbocycles. The van der Waals surface area contributed by atoms with Crippen LogP contribution >= 0.6 is 0 Å². The van der Waals surface area contributed by atoms with Crippen molar-refractivity contribution < 1.29 is 23.7 Å². The number of nitrogens with zero attached hydrogens (tertiary/aromatic N) is 1. The Morgan fingerprint density at radius 1 is 1.08 bits per heavy atom. The molecule has 2 atom stereocenters. The van der Waals surface area contributed by atoms with Crippen molar-refractivity contribution in [1.82, 2.24) is 4.31 Å². The van der Waals surface area contributed by atoms with Crippen LogP contribution in [0, 0.1) is 0 Å². The molecule has 0 radical (unpaired) electrons. The van der Waals surface area contributed by atoms with E-state index in [9.17, 15) is 23.7 Å². The molecule has 0 amide bonds. The maximum atomic E-state index is 12.9. The van der Waals surface area contributed by atoms with Crippen LogP contribution in [0.3, 0.4) is 0 Å².